The number of likely N-dealkylation sites (N-methyl/N-ethyl adjacent to an activating group) is 1. The van der Waals surface area contributed by atoms with E-state index in [1.165, 1.54) is 17.8 Å². The number of carbonyl (C=O) groups is 1. The van der Waals surface area contributed by atoms with Crippen LogP contribution in [0.1, 0.15) is 47.2 Å². The second kappa shape index (κ2) is 6.53. The zero-order valence-corrected chi connectivity index (χ0v) is 15.6. The molecule has 6 nitrogen and oxygen atoms in total. The lowest BCUT2D eigenvalue weighted by Gasteiger charge is -2.22. The summed E-state index contributed by atoms with van der Waals surface area (Å²) in [5.74, 6) is 0.781. The molecule has 2 aromatic rings. The van der Waals surface area contributed by atoms with Crippen molar-refractivity contribution in [2.45, 2.75) is 52.1 Å². The number of thiophene rings is 1. The summed E-state index contributed by atoms with van der Waals surface area (Å²) in [4.78, 5) is 33.8. The van der Waals surface area contributed by atoms with Crippen molar-refractivity contribution in [3.8, 4) is 0 Å². The van der Waals surface area contributed by atoms with Gasteiger partial charge >= 0.3 is 0 Å². The number of aryl methyl sites for hydroxylation is 2. The van der Waals surface area contributed by atoms with Gasteiger partial charge in [-0.3, -0.25) is 19.1 Å². The zero-order valence-electron chi connectivity index (χ0n) is 14.8. The topological polar surface area (TPSA) is 67.2 Å². The molecule has 2 aliphatic heterocycles. The van der Waals surface area contributed by atoms with Crippen molar-refractivity contribution in [2.24, 2.45) is 0 Å². The Kier molecular flexibility index (Phi) is 4.37. The molecule has 2 aliphatic rings. The number of hydrogen-bond acceptors (Lipinski definition) is 5. The molecule has 0 radical (unpaired) electrons. The van der Waals surface area contributed by atoms with Gasteiger partial charge in [0.2, 0.25) is 0 Å². The Balaban J connectivity index is 1.59. The monoisotopic (exact) mass is 360 g/mol. The first-order valence-corrected chi connectivity index (χ1v) is 9.97. The lowest BCUT2D eigenvalue weighted by molar-refractivity contribution is 0.0945. The van der Waals surface area contributed by atoms with Gasteiger partial charge in [0.1, 0.15) is 10.7 Å². The first kappa shape index (κ1) is 16.7. The van der Waals surface area contributed by atoms with Crippen LogP contribution in [0.5, 0.6) is 0 Å². The largest absolute Gasteiger partial charge is 0.350 e. The van der Waals surface area contributed by atoms with Crippen LogP contribution in [0.15, 0.2) is 4.79 Å². The van der Waals surface area contributed by atoms with Crippen molar-refractivity contribution in [3.63, 3.8) is 0 Å². The molecule has 4 heterocycles. The lowest BCUT2D eigenvalue weighted by Crippen LogP contribution is -2.40. The number of rotatable bonds is 4. The second-order valence-electron chi connectivity index (χ2n) is 6.96. The van der Waals surface area contributed by atoms with Crippen molar-refractivity contribution in [3.05, 3.63) is 26.6 Å². The van der Waals surface area contributed by atoms with E-state index in [2.05, 4.69) is 22.1 Å². The first-order chi connectivity index (χ1) is 12.1. The van der Waals surface area contributed by atoms with Crippen LogP contribution in [0.4, 0.5) is 0 Å². The maximum Gasteiger partial charge on any atom is 0.262 e. The summed E-state index contributed by atoms with van der Waals surface area (Å²) in [5.41, 5.74) is 0.786. The highest BCUT2D eigenvalue weighted by Gasteiger charge is 2.26. The fourth-order valence-electron chi connectivity index (χ4n) is 4.13. The van der Waals surface area contributed by atoms with Gasteiger partial charge in [-0.25, -0.2) is 4.98 Å². The van der Waals surface area contributed by atoms with E-state index in [1.807, 2.05) is 6.92 Å². The number of amides is 1. The lowest BCUT2D eigenvalue weighted by atomic mass is 10.2. The molecule has 2 aromatic heterocycles. The van der Waals surface area contributed by atoms with Gasteiger partial charge in [0.05, 0.1) is 10.3 Å². The Hall–Kier alpha value is -1.73. The van der Waals surface area contributed by atoms with E-state index in [9.17, 15) is 9.59 Å². The van der Waals surface area contributed by atoms with E-state index in [0.717, 1.165) is 50.3 Å². The average molecular weight is 360 g/mol. The molecular formula is C18H24N4O2S. The molecule has 1 fully saturated rings. The number of aromatic nitrogens is 2. The van der Waals surface area contributed by atoms with Crippen molar-refractivity contribution in [1.29, 1.82) is 0 Å². The fraction of sp³-hybridized carbons (Fsp3) is 0.611. The van der Waals surface area contributed by atoms with E-state index < -0.39 is 0 Å². The summed E-state index contributed by atoms with van der Waals surface area (Å²) in [6, 6.07) is 0.427. The molecular weight excluding hydrogens is 336 g/mol. The van der Waals surface area contributed by atoms with Crippen LogP contribution in [0.2, 0.25) is 0 Å². The maximum absolute atomic E-state index is 12.7. The Bertz CT molecular complexity index is 885. The van der Waals surface area contributed by atoms with E-state index >= 15 is 0 Å². The standard InChI is InChI=1S/C18H24N4O2S/c1-3-21-8-4-6-12(21)10-19-16(23)15-11(2)14-17(25-15)20-13-7-5-9-22(13)18(14)24/h12H,3-10H2,1-2H3,(H,19,23). The van der Waals surface area contributed by atoms with Crippen molar-refractivity contribution in [2.75, 3.05) is 19.6 Å². The number of hydrogen-bond donors (Lipinski definition) is 1. The molecule has 1 saturated heterocycles. The Morgan fingerprint density at radius 1 is 1.36 bits per heavy atom. The quantitative estimate of drug-likeness (QED) is 0.905. The van der Waals surface area contributed by atoms with Crippen molar-refractivity contribution in [1.82, 2.24) is 19.8 Å². The summed E-state index contributed by atoms with van der Waals surface area (Å²) in [6.45, 7) is 7.58. The van der Waals surface area contributed by atoms with Crippen LogP contribution in [-0.4, -0.2) is 46.0 Å². The molecule has 0 aromatic carbocycles. The summed E-state index contributed by atoms with van der Waals surface area (Å²) < 4.78 is 1.77. The number of likely N-dealkylation sites (tertiary alicyclic amines) is 1. The van der Waals surface area contributed by atoms with Gasteiger partial charge in [0.15, 0.2) is 0 Å². The Morgan fingerprint density at radius 3 is 3.00 bits per heavy atom. The highest BCUT2D eigenvalue weighted by atomic mass is 32.1. The molecule has 134 valence electrons. The maximum atomic E-state index is 12.7. The minimum atomic E-state index is -0.0759. The van der Waals surface area contributed by atoms with Gasteiger partial charge in [-0.05, 0) is 44.8 Å². The van der Waals surface area contributed by atoms with Gasteiger partial charge in [-0.15, -0.1) is 11.3 Å². The number of nitrogens with one attached hydrogen (secondary N) is 1. The summed E-state index contributed by atoms with van der Waals surface area (Å²) in [7, 11) is 0. The molecule has 1 unspecified atom stereocenters. The molecule has 0 aliphatic carbocycles. The summed E-state index contributed by atoms with van der Waals surface area (Å²) >= 11 is 1.35. The first-order valence-electron chi connectivity index (χ1n) is 9.15. The fourth-order valence-corrected chi connectivity index (χ4v) is 5.23. The normalized spacial score (nSPS) is 20.3. The minimum Gasteiger partial charge on any atom is -0.350 e. The third-order valence-electron chi connectivity index (χ3n) is 5.52. The van der Waals surface area contributed by atoms with E-state index in [1.54, 1.807) is 4.57 Å². The minimum absolute atomic E-state index is 0.0123. The van der Waals surface area contributed by atoms with Gasteiger partial charge in [-0.2, -0.15) is 0 Å². The van der Waals surface area contributed by atoms with Gasteiger partial charge < -0.3 is 5.32 Å². The summed E-state index contributed by atoms with van der Waals surface area (Å²) in [6.07, 6.45) is 4.15. The highest BCUT2D eigenvalue weighted by Crippen LogP contribution is 2.28. The Morgan fingerprint density at radius 2 is 2.20 bits per heavy atom. The molecule has 7 heteroatoms. The van der Waals surface area contributed by atoms with Crippen LogP contribution in [-0.2, 0) is 13.0 Å². The van der Waals surface area contributed by atoms with Gasteiger partial charge in [0, 0.05) is 25.6 Å². The van der Waals surface area contributed by atoms with Crippen LogP contribution in [0.25, 0.3) is 10.2 Å². The molecule has 1 amide bonds. The molecule has 25 heavy (non-hydrogen) atoms. The van der Waals surface area contributed by atoms with Crippen LogP contribution >= 0.6 is 11.3 Å². The van der Waals surface area contributed by atoms with E-state index in [4.69, 9.17) is 0 Å². The molecule has 1 N–H and O–H groups in total. The third-order valence-corrected chi connectivity index (χ3v) is 6.71. The molecule has 0 saturated carbocycles. The second-order valence-corrected chi connectivity index (χ2v) is 7.96. The van der Waals surface area contributed by atoms with Crippen LogP contribution in [0, 0.1) is 6.92 Å². The van der Waals surface area contributed by atoms with Crippen molar-refractivity contribution >= 4 is 27.5 Å². The molecule has 4 rings (SSSR count). The van der Waals surface area contributed by atoms with Crippen LogP contribution < -0.4 is 10.9 Å². The predicted molar refractivity (Wildman–Crippen MR) is 99.5 cm³/mol. The van der Waals surface area contributed by atoms with Crippen LogP contribution in [0.3, 0.4) is 0 Å². The smallest absolute Gasteiger partial charge is 0.262 e. The summed E-state index contributed by atoms with van der Waals surface area (Å²) in [5, 5.41) is 3.70. The number of nitrogens with zero attached hydrogens (tertiary/aromatic N) is 3. The highest BCUT2D eigenvalue weighted by molar-refractivity contribution is 7.20. The third kappa shape index (κ3) is 2.79. The molecule has 1 atom stereocenters. The number of fused-ring (bicyclic) bond motifs is 2. The molecule has 0 spiro atoms. The zero-order chi connectivity index (χ0) is 17.6. The van der Waals surface area contributed by atoms with Gasteiger partial charge in [0.25, 0.3) is 11.5 Å². The predicted octanol–water partition coefficient (Wildman–Crippen LogP) is 1.93. The van der Waals surface area contributed by atoms with E-state index in [-0.39, 0.29) is 11.5 Å². The average Bonchev–Trinajstić information content (AvgIpc) is 3.31. The van der Waals surface area contributed by atoms with Gasteiger partial charge in [-0.1, -0.05) is 6.92 Å². The molecule has 0 bridgehead atoms. The SMILES string of the molecule is CCN1CCCC1CNC(=O)c1sc2nc3n(c(=O)c2c1C)CCC3. The Labute approximate surface area is 150 Å². The number of carbonyl (C=O) groups excluding carboxylic acids is 1. The van der Waals surface area contributed by atoms with E-state index in [0.29, 0.717) is 27.7 Å². The van der Waals surface area contributed by atoms with Crippen molar-refractivity contribution < 1.29 is 4.79 Å².